The molecular formula is C18H20N4O4. The first-order chi connectivity index (χ1) is 12.6. The lowest BCUT2D eigenvalue weighted by molar-refractivity contribution is 0.322. The van der Waals surface area contributed by atoms with Crippen molar-refractivity contribution in [2.75, 3.05) is 32.4 Å². The Morgan fingerprint density at radius 3 is 2.54 bits per heavy atom. The van der Waals surface area contributed by atoms with Crippen LogP contribution in [0, 0.1) is 0 Å². The predicted octanol–water partition coefficient (Wildman–Crippen LogP) is 2.14. The van der Waals surface area contributed by atoms with Crippen molar-refractivity contribution in [3.05, 3.63) is 46.2 Å². The van der Waals surface area contributed by atoms with E-state index in [1.807, 2.05) is 18.2 Å². The SMILES string of the molecule is COc1ccc(CNc2ccc3nc(N)[nH]c(=O)c3c2)c(OC)c1OC. The third-order valence-electron chi connectivity index (χ3n) is 3.99. The fourth-order valence-electron chi connectivity index (χ4n) is 2.77. The second-order valence-corrected chi connectivity index (χ2v) is 5.53. The van der Waals surface area contributed by atoms with Crippen LogP contribution in [0.15, 0.2) is 35.1 Å². The molecule has 0 unspecified atom stereocenters. The number of aromatic amines is 1. The molecule has 3 aromatic rings. The first kappa shape index (κ1) is 17.4. The molecule has 3 rings (SSSR count). The van der Waals surface area contributed by atoms with Gasteiger partial charge in [0.05, 0.1) is 32.2 Å². The zero-order valence-corrected chi connectivity index (χ0v) is 14.8. The summed E-state index contributed by atoms with van der Waals surface area (Å²) in [6.07, 6.45) is 0. The molecule has 26 heavy (non-hydrogen) atoms. The molecule has 0 aliphatic rings. The van der Waals surface area contributed by atoms with E-state index < -0.39 is 0 Å². The maximum absolute atomic E-state index is 12.0. The van der Waals surface area contributed by atoms with E-state index in [0.717, 1.165) is 11.3 Å². The molecule has 1 heterocycles. The molecule has 136 valence electrons. The molecular weight excluding hydrogens is 336 g/mol. The molecule has 2 aromatic carbocycles. The molecule has 0 atom stereocenters. The minimum atomic E-state index is -0.278. The number of hydrogen-bond acceptors (Lipinski definition) is 7. The van der Waals surface area contributed by atoms with Gasteiger partial charge < -0.3 is 25.3 Å². The molecule has 0 amide bonds. The van der Waals surface area contributed by atoms with Crippen molar-refractivity contribution in [2.45, 2.75) is 6.54 Å². The summed E-state index contributed by atoms with van der Waals surface area (Å²) in [6, 6.07) is 9.02. The monoisotopic (exact) mass is 356 g/mol. The van der Waals surface area contributed by atoms with E-state index in [1.165, 1.54) is 0 Å². The van der Waals surface area contributed by atoms with E-state index >= 15 is 0 Å². The van der Waals surface area contributed by atoms with Crippen molar-refractivity contribution < 1.29 is 14.2 Å². The first-order valence-corrected chi connectivity index (χ1v) is 7.88. The van der Waals surface area contributed by atoms with Gasteiger partial charge in [-0.25, -0.2) is 4.98 Å². The lowest BCUT2D eigenvalue weighted by Crippen LogP contribution is -2.11. The third kappa shape index (κ3) is 3.21. The molecule has 8 heteroatoms. The van der Waals surface area contributed by atoms with E-state index in [2.05, 4.69) is 15.3 Å². The van der Waals surface area contributed by atoms with E-state index in [0.29, 0.717) is 34.7 Å². The number of H-pyrrole nitrogens is 1. The van der Waals surface area contributed by atoms with Gasteiger partial charge >= 0.3 is 0 Å². The van der Waals surface area contributed by atoms with Crippen molar-refractivity contribution in [1.82, 2.24) is 9.97 Å². The summed E-state index contributed by atoms with van der Waals surface area (Å²) in [4.78, 5) is 18.6. The predicted molar refractivity (Wildman–Crippen MR) is 100 cm³/mol. The van der Waals surface area contributed by atoms with Crippen LogP contribution in [-0.4, -0.2) is 31.3 Å². The number of fused-ring (bicyclic) bond motifs is 1. The van der Waals surface area contributed by atoms with Gasteiger partial charge in [0.25, 0.3) is 5.56 Å². The van der Waals surface area contributed by atoms with E-state index in [1.54, 1.807) is 33.5 Å². The number of hydrogen-bond donors (Lipinski definition) is 3. The lowest BCUT2D eigenvalue weighted by atomic mass is 10.1. The summed E-state index contributed by atoms with van der Waals surface area (Å²) in [5.74, 6) is 1.81. The number of nitrogens with zero attached hydrogens (tertiary/aromatic N) is 1. The normalized spacial score (nSPS) is 10.6. The molecule has 0 saturated heterocycles. The van der Waals surface area contributed by atoms with Crippen LogP contribution in [0.4, 0.5) is 11.6 Å². The van der Waals surface area contributed by atoms with Crippen LogP contribution >= 0.6 is 0 Å². The average molecular weight is 356 g/mol. The van der Waals surface area contributed by atoms with Crippen LogP contribution in [0.25, 0.3) is 10.9 Å². The summed E-state index contributed by atoms with van der Waals surface area (Å²) >= 11 is 0. The molecule has 0 bridgehead atoms. The Bertz CT molecular complexity index is 1000. The van der Waals surface area contributed by atoms with Crippen molar-refractivity contribution in [3.63, 3.8) is 0 Å². The first-order valence-electron chi connectivity index (χ1n) is 7.88. The highest BCUT2D eigenvalue weighted by molar-refractivity contribution is 5.82. The highest BCUT2D eigenvalue weighted by Crippen LogP contribution is 2.39. The van der Waals surface area contributed by atoms with Crippen LogP contribution in [0.1, 0.15) is 5.56 Å². The van der Waals surface area contributed by atoms with E-state index in [-0.39, 0.29) is 11.5 Å². The van der Waals surface area contributed by atoms with Gasteiger partial charge in [-0.05, 0) is 30.3 Å². The van der Waals surface area contributed by atoms with Gasteiger partial charge in [0.15, 0.2) is 11.5 Å². The Morgan fingerprint density at radius 2 is 1.85 bits per heavy atom. The maximum Gasteiger partial charge on any atom is 0.260 e. The zero-order chi connectivity index (χ0) is 18.7. The van der Waals surface area contributed by atoms with Gasteiger partial charge in [0.2, 0.25) is 11.7 Å². The van der Waals surface area contributed by atoms with Gasteiger partial charge in [-0.15, -0.1) is 0 Å². The smallest absolute Gasteiger partial charge is 0.260 e. The number of benzene rings is 2. The van der Waals surface area contributed by atoms with Gasteiger partial charge in [-0.2, -0.15) is 0 Å². The Hall–Kier alpha value is -3.42. The second kappa shape index (κ2) is 7.22. The molecule has 4 N–H and O–H groups in total. The highest BCUT2D eigenvalue weighted by Gasteiger charge is 2.15. The average Bonchev–Trinajstić information content (AvgIpc) is 2.65. The van der Waals surface area contributed by atoms with Gasteiger partial charge in [-0.1, -0.05) is 0 Å². The second-order valence-electron chi connectivity index (χ2n) is 5.53. The van der Waals surface area contributed by atoms with Crippen LogP contribution in [0.2, 0.25) is 0 Å². The van der Waals surface area contributed by atoms with Crippen molar-refractivity contribution in [2.24, 2.45) is 0 Å². The van der Waals surface area contributed by atoms with Crippen LogP contribution in [-0.2, 0) is 6.54 Å². The van der Waals surface area contributed by atoms with Crippen LogP contribution < -0.4 is 30.8 Å². The summed E-state index contributed by atoms with van der Waals surface area (Å²) in [5, 5.41) is 3.73. The number of rotatable bonds is 6. The molecule has 0 aliphatic heterocycles. The maximum atomic E-state index is 12.0. The fourth-order valence-corrected chi connectivity index (χ4v) is 2.77. The number of ether oxygens (including phenoxy) is 3. The van der Waals surface area contributed by atoms with Crippen LogP contribution in [0.5, 0.6) is 17.2 Å². The summed E-state index contributed by atoms with van der Waals surface area (Å²) in [7, 11) is 4.71. The molecule has 8 nitrogen and oxygen atoms in total. The van der Waals surface area contributed by atoms with Crippen molar-refractivity contribution in [3.8, 4) is 17.2 Å². The highest BCUT2D eigenvalue weighted by atomic mass is 16.5. The molecule has 0 aliphatic carbocycles. The number of anilines is 2. The summed E-state index contributed by atoms with van der Waals surface area (Å²) < 4.78 is 16.2. The molecule has 0 spiro atoms. The minimum absolute atomic E-state index is 0.0956. The molecule has 1 aromatic heterocycles. The van der Waals surface area contributed by atoms with Crippen molar-refractivity contribution in [1.29, 1.82) is 0 Å². The van der Waals surface area contributed by atoms with Gasteiger partial charge in [0, 0.05) is 17.8 Å². The van der Waals surface area contributed by atoms with Gasteiger partial charge in [0.1, 0.15) is 0 Å². The number of nitrogens with one attached hydrogen (secondary N) is 2. The quantitative estimate of drug-likeness (QED) is 0.620. The van der Waals surface area contributed by atoms with Crippen molar-refractivity contribution >= 4 is 22.5 Å². The third-order valence-corrected chi connectivity index (χ3v) is 3.99. The summed E-state index contributed by atoms with van der Waals surface area (Å²) in [5.41, 5.74) is 7.48. The zero-order valence-electron chi connectivity index (χ0n) is 14.8. The number of nitrogen functional groups attached to an aromatic ring is 1. The summed E-state index contributed by atoms with van der Waals surface area (Å²) in [6.45, 7) is 0.468. The number of methoxy groups -OCH3 is 3. The minimum Gasteiger partial charge on any atom is -0.493 e. The fraction of sp³-hybridized carbons (Fsp3) is 0.222. The Balaban J connectivity index is 1.89. The standard InChI is InChI=1S/C18H20N4O4/c1-24-14-7-4-10(15(25-2)16(14)26-3)9-20-11-5-6-13-12(8-11)17(23)22-18(19)21-13/h4-8,20H,9H2,1-3H3,(H3,19,21,22,23). The number of nitrogens with two attached hydrogens (primary N) is 1. The Kier molecular flexibility index (Phi) is 4.83. The van der Waals surface area contributed by atoms with Crippen LogP contribution in [0.3, 0.4) is 0 Å². The topological polar surface area (TPSA) is 111 Å². The molecule has 0 fully saturated rings. The molecule has 0 saturated carbocycles. The molecule has 0 radical (unpaired) electrons. The Morgan fingerprint density at radius 1 is 1.08 bits per heavy atom. The van der Waals surface area contributed by atoms with Gasteiger partial charge in [-0.3, -0.25) is 9.78 Å². The Labute approximate surface area is 149 Å². The van der Waals surface area contributed by atoms with E-state index in [9.17, 15) is 4.79 Å². The lowest BCUT2D eigenvalue weighted by Gasteiger charge is -2.16. The largest absolute Gasteiger partial charge is 0.493 e. The van der Waals surface area contributed by atoms with E-state index in [4.69, 9.17) is 19.9 Å². The number of aromatic nitrogens is 2.